The topological polar surface area (TPSA) is 73.7 Å². The second kappa shape index (κ2) is 10.7. The fourth-order valence-corrected chi connectivity index (χ4v) is 5.95. The number of fused-ring (bicyclic) bond motifs is 2. The standard InChI is InChI=1S/C25H34BrN3O4Si/c1-34(2,3)12-11-32-17-28-23(26)15-22(27-28)24(30)29-20-9-10-21(29)14-19(13-20)25(31)33-16-18-7-5-4-6-8-18/h4-8,15,19-21H,9-14,16-17H2,1-3H3/t19?,20-,21+. The lowest BCUT2D eigenvalue weighted by molar-refractivity contribution is -0.152. The largest absolute Gasteiger partial charge is 0.461 e. The number of piperidine rings is 1. The van der Waals surface area contributed by atoms with Gasteiger partial charge in [-0.1, -0.05) is 50.0 Å². The summed E-state index contributed by atoms with van der Waals surface area (Å²) in [6.45, 7) is 8.26. The highest BCUT2D eigenvalue weighted by Crippen LogP contribution is 2.40. The molecule has 2 aliphatic rings. The molecule has 2 saturated heterocycles. The van der Waals surface area contributed by atoms with Gasteiger partial charge >= 0.3 is 5.97 Å². The summed E-state index contributed by atoms with van der Waals surface area (Å²) in [6, 6.07) is 12.7. The van der Waals surface area contributed by atoms with Gasteiger partial charge in [-0.3, -0.25) is 9.59 Å². The zero-order valence-corrected chi connectivity index (χ0v) is 22.8. The summed E-state index contributed by atoms with van der Waals surface area (Å²) < 4.78 is 13.8. The first kappa shape index (κ1) is 25.1. The molecular formula is C25H34BrN3O4Si. The van der Waals surface area contributed by atoms with Gasteiger partial charge in [0.15, 0.2) is 5.69 Å². The van der Waals surface area contributed by atoms with E-state index in [1.165, 1.54) is 0 Å². The number of carbonyl (C=O) groups is 2. The first-order valence-electron chi connectivity index (χ1n) is 12.1. The lowest BCUT2D eigenvalue weighted by Crippen LogP contribution is -2.48. The number of carbonyl (C=O) groups excluding carboxylic acids is 2. The molecule has 34 heavy (non-hydrogen) atoms. The molecule has 1 aromatic carbocycles. The number of esters is 1. The summed E-state index contributed by atoms with van der Waals surface area (Å²) >= 11 is 3.51. The van der Waals surface area contributed by atoms with E-state index in [1.807, 2.05) is 35.2 Å². The van der Waals surface area contributed by atoms with Crippen LogP contribution in [0.4, 0.5) is 0 Å². The molecule has 4 rings (SSSR count). The number of ether oxygens (including phenoxy) is 2. The molecule has 3 heterocycles. The zero-order chi connectivity index (χ0) is 24.3. The zero-order valence-electron chi connectivity index (χ0n) is 20.2. The third-order valence-corrected chi connectivity index (χ3v) is 9.03. The van der Waals surface area contributed by atoms with E-state index in [1.54, 1.807) is 10.7 Å². The van der Waals surface area contributed by atoms with Crippen molar-refractivity contribution >= 4 is 35.9 Å². The number of hydrogen-bond donors (Lipinski definition) is 0. The van der Waals surface area contributed by atoms with Gasteiger partial charge in [0.05, 0.1) is 5.92 Å². The Labute approximate surface area is 210 Å². The maximum Gasteiger partial charge on any atom is 0.309 e. The van der Waals surface area contributed by atoms with E-state index in [9.17, 15) is 9.59 Å². The van der Waals surface area contributed by atoms with Crippen LogP contribution in [0.2, 0.25) is 25.7 Å². The van der Waals surface area contributed by atoms with Gasteiger partial charge in [0.1, 0.15) is 17.9 Å². The maximum atomic E-state index is 13.4. The molecular weight excluding hydrogens is 514 g/mol. The van der Waals surface area contributed by atoms with Gasteiger partial charge < -0.3 is 14.4 Å². The van der Waals surface area contributed by atoms with E-state index in [0.717, 1.165) is 29.1 Å². The molecule has 1 aromatic heterocycles. The van der Waals surface area contributed by atoms with Gasteiger partial charge in [0, 0.05) is 32.8 Å². The van der Waals surface area contributed by atoms with Crippen LogP contribution in [0, 0.1) is 5.92 Å². The van der Waals surface area contributed by atoms with Crippen molar-refractivity contribution in [2.75, 3.05) is 6.61 Å². The van der Waals surface area contributed by atoms with E-state index < -0.39 is 8.07 Å². The monoisotopic (exact) mass is 547 g/mol. The van der Waals surface area contributed by atoms with Crippen LogP contribution in [0.25, 0.3) is 0 Å². The SMILES string of the molecule is C[Si](C)(C)CCOCn1nc(C(=O)N2[C@@H]3CC[C@H]2CC(C(=O)OCc2ccccc2)C3)cc1Br. The molecule has 2 aromatic rings. The van der Waals surface area contributed by atoms with Crippen LogP contribution in [0.1, 0.15) is 41.7 Å². The van der Waals surface area contributed by atoms with Crippen molar-refractivity contribution in [2.24, 2.45) is 5.92 Å². The number of amides is 1. The van der Waals surface area contributed by atoms with Gasteiger partial charge in [-0.05, 0) is 53.2 Å². The van der Waals surface area contributed by atoms with E-state index >= 15 is 0 Å². The van der Waals surface area contributed by atoms with Crippen LogP contribution >= 0.6 is 15.9 Å². The van der Waals surface area contributed by atoms with Gasteiger partial charge in [-0.25, -0.2) is 4.68 Å². The number of halogens is 1. The fraction of sp³-hybridized carbons (Fsp3) is 0.560. The molecule has 2 bridgehead atoms. The molecule has 0 spiro atoms. The van der Waals surface area contributed by atoms with E-state index in [0.29, 0.717) is 38.5 Å². The van der Waals surface area contributed by atoms with Crippen molar-refractivity contribution in [3.63, 3.8) is 0 Å². The first-order chi connectivity index (χ1) is 16.2. The summed E-state index contributed by atoms with van der Waals surface area (Å²) in [5, 5.41) is 4.51. The Hall–Kier alpha value is -1.97. The van der Waals surface area contributed by atoms with Crippen molar-refractivity contribution in [3.05, 3.63) is 52.3 Å². The summed E-state index contributed by atoms with van der Waals surface area (Å²) in [5.74, 6) is -0.380. The summed E-state index contributed by atoms with van der Waals surface area (Å²) in [4.78, 5) is 28.0. The molecule has 0 radical (unpaired) electrons. The number of rotatable bonds is 9. The highest BCUT2D eigenvalue weighted by molar-refractivity contribution is 9.10. The molecule has 1 unspecified atom stereocenters. The molecule has 7 nitrogen and oxygen atoms in total. The molecule has 9 heteroatoms. The minimum atomic E-state index is -1.15. The Balaban J connectivity index is 1.32. The average Bonchev–Trinajstić information content (AvgIpc) is 3.30. The molecule has 2 aliphatic heterocycles. The van der Waals surface area contributed by atoms with E-state index in [4.69, 9.17) is 9.47 Å². The average molecular weight is 549 g/mol. The molecule has 184 valence electrons. The normalized spacial score (nSPS) is 22.1. The number of aromatic nitrogens is 2. The summed E-state index contributed by atoms with van der Waals surface area (Å²) in [6.07, 6.45) is 3.14. The number of hydrogen-bond acceptors (Lipinski definition) is 5. The van der Waals surface area contributed by atoms with Crippen molar-refractivity contribution in [3.8, 4) is 0 Å². The predicted octanol–water partition coefficient (Wildman–Crippen LogP) is 5.08. The minimum absolute atomic E-state index is 0.0532. The van der Waals surface area contributed by atoms with E-state index in [-0.39, 0.29) is 29.9 Å². The fourth-order valence-electron chi connectivity index (χ4n) is 4.80. The van der Waals surface area contributed by atoms with Crippen molar-refractivity contribution < 1.29 is 19.1 Å². The minimum Gasteiger partial charge on any atom is -0.461 e. The van der Waals surface area contributed by atoms with Crippen LogP contribution in [0.15, 0.2) is 41.0 Å². The van der Waals surface area contributed by atoms with Gasteiger partial charge in [-0.15, -0.1) is 0 Å². The molecule has 0 N–H and O–H groups in total. The lowest BCUT2D eigenvalue weighted by atomic mass is 9.90. The number of nitrogens with zero attached hydrogens (tertiary/aromatic N) is 3. The Kier molecular flexibility index (Phi) is 7.94. The van der Waals surface area contributed by atoms with Crippen molar-refractivity contribution in [1.82, 2.24) is 14.7 Å². The smallest absolute Gasteiger partial charge is 0.309 e. The van der Waals surface area contributed by atoms with Crippen LogP contribution in [-0.2, 0) is 27.6 Å². The van der Waals surface area contributed by atoms with Crippen LogP contribution in [-0.4, -0.2) is 53.3 Å². The van der Waals surface area contributed by atoms with Crippen molar-refractivity contribution in [2.45, 2.75) is 76.8 Å². The van der Waals surface area contributed by atoms with Gasteiger partial charge in [0.25, 0.3) is 5.91 Å². The van der Waals surface area contributed by atoms with Crippen molar-refractivity contribution in [1.29, 1.82) is 0 Å². The highest BCUT2D eigenvalue weighted by Gasteiger charge is 2.46. The highest BCUT2D eigenvalue weighted by atomic mass is 79.9. The third-order valence-electron chi connectivity index (χ3n) is 6.68. The predicted molar refractivity (Wildman–Crippen MR) is 136 cm³/mol. The Morgan fingerprint density at radius 1 is 1.12 bits per heavy atom. The number of benzene rings is 1. The molecule has 3 atom stereocenters. The molecule has 0 saturated carbocycles. The summed E-state index contributed by atoms with van der Waals surface area (Å²) in [7, 11) is -1.15. The molecule has 1 amide bonds. The van der Waals surface area contributed by atoms with Crippen LogP contribution in [0.3, 0.4) is 0 Å². The van der Waals surface area contributed by atoms with Crippen LogP contribution < -0.4 is 0 Å². The van der Waals surface area contributed by atoms with Gasteiger partial charge in [0.2, 0.25) is 0 Å². The Morgan fingerprint density at radius 3 is 2.44 bits per heavy atom. The third kappa shape index (κ3) is 6.17. The van der Waals surface area contributed by atoms with Gasteiger partial charge in [-0.2, -0.15) is 5.10 Å². The van der Waals surface area contributed by atoms with Crippen LogP contribution in [0.5, 0.6) is 0 Å². The molecule has 2 fully saturated rings. The Bertz CT molecular complexity index is 993. The maximum absolute atomic E-state index is 13.4. The lowest BCUT2D eigenvalue weighted by Gasteiger charge is -2.37. The molecule has 0 aliphatic carbocycles. The first-order valence-corrected chi connectivity index (χ1v) is 16.6. The summed E-state index contributed by atoms with van der Waals surface area (Å²) in [5.41, 5.74) is 1.40. The van der Waals surface area contributed by atoms with E-state index in [2.05, 4.69) is 40.7 Å². The second-order valence-corrected chi connectivity index (χ2v) is 17.0. The second-order valence-electron chi connectivity index (χ2n) is 10.6. The Morgan fingerprint density at radius 2 is 1.79 bits per heavy atom. The quantitative estimate of drug-likeness (QED) is 0.248.